The summed E-state index contributed by atoms with van der Waals surface area (Å²) < 4.78 is 224. The molecule has 0 unspecified atom stereocenters. The fourth-order valence-electron chi connectivity index (χ4n) is 6.61. The van der Waals surface area contributed by atoms with Gasteiger partial charge in [-0.2, -0.15) is 0 Å². The highest BCUT2D eigenvalue weighted by Crippen LogP contribution is 2.54. The molecule has 0 N–H and O–H groups in total. The summed E-state index contributed by atoms with van der Waals surface area (Å²) in [4.78, 5) is 0. The van der Waals surface area contributed by atoms with Gasteiger partial charge in [0.1, 0.15) is 11.2 Å². The van der Waals surface area contributed by atoms with Gasteiger partial charge in [-0.15, -0.1) is 0 Å². The smallest absolute Gasteiger partial charge is 0.136 e. The zero-order valence-electron chi connectivity index (χ0n) is 47.9. The zero-order chi connectivity index (χ0) is 51.5. The summed E-state index contributed by atoms with van der Waals surface area (Å²) in [6.07, 6.45) is 0. The van der Waals surface area contributed by atoms with Crippen molar-refractivity contribution in [1.29, 1.82) is 0 Å². The normalized spacial score (nSPS) is 20.9. The summed E-state index contributed by atoms with van der Waals surface area (Å²) in [5.41, 5.74) is -5.56. The highest BCUT2D eigenvalue weighted by molar-refractivity contribution is 6.24. The molecule has 1 heterocycles. The predicted molar refractivity (Wildman–Crippen MR) is 195 cm³/mol. The first-order chi connectivity index (χ1) is 32.6. The van der Waals surface area contributed by atoms with E-state index in [0.29, 0.717) is 0 Å². The summed E-state index contributed by atoms with van der Waals surface area (Å²) in [6, 6.07) is -18.9. The van der Waals surface area contributed by atoms with E-state index in [0.717, 1.165) is 0 Å². The largest absolute Gasteiger partial charge is 0.456 e. The van der Waals surface area contributed by atoms with E-state index in [-0.39, 0.29) is 27.6 Å². The Balaban J connectivity index is 1.55. The quantitative estimate of drug-likeness (QED) is 0.177. The maximum atomic E-state index is 9.94. The molecule has 8 aromatic carbocycles. The number of hydrogen-bond acceptors (Lipinski definition) is 1. The number of fused-ring (bicyclic) bond motifs is 10. The van der Waals surface area contributed by atoms with Gasteiger partial charge in [-0.3, -0.25) is 0 Å². The highest BCUT2D eigenvalue weighted by atomic mass is 16.3. The number of hydrogen-bond donors (Lipinski definition) is 0. The van der Waals surface area contributed by atoms with Crippen LogP contribution < -0.4 is 0 Å². The summed E-state index contributed by atoms with van der Waals surface area (Å²) in [5.74, 6) is 0. The zero-order valence-corrected chi connectivity index (χ0v) is 23.9. The molecule has 0 aliphatic heterocycles. The lowest BCUT2D eigenvalue weighted by molar-refractivity contribution is 0.660. The van der Waals surface area contributed by atoms with Gasteiger partial charge in [0.25, 0.3) is 0 Å². The SMILES string of the molecule is [2H]c1c([2H])c([2H])c2c(c1[2H])-c1c(-c3c4c([2H])c([2H])c([2H])c([2H])c4c(-c4c([2H])c([2H])c5oc6c([2H])c([2H])c7c([2H])c([2H])c([2H])c([2H])c7c6c5c4[2H])c4c([2H])c([2H])c([2H])c([2H])c34)c([2H])c([2H])c([2H])c1C2(C)C. The van der Waals surface area contributed by atoms with Crippen LogP contribution in [0.4, 0.5) is 0 Å². The number of benzene rings is 8. The minimum absolute atomic E-state index is 0.0469. The molecule has 0 spiro atoms. The molecule has 1 nitrogen and oxygen atoms in total. The second-order valence-corrected chi connectivity index (χ2v) is 11.4. The van der Waals surface area contributed by atoms with Crippen molar-refractivity contribution in [3.8, 4) is 33.4 Å². The van der Waals surface area contributed by atoms with Crippen molar-refractivity contribution < 1.29 is 37.3 Å². The van der Waals surface area contributed by atoms with Gasteiger partial charge in [0.05, 0.1) is 32.9 Å². The van der Waals surface area contributed by atoms with Gasteiger partial charge in [0.15, 0.2) is 0 Å². The molecular formula is C45H30O. The lowest BCUT2D eigenvalue weighted by atomic mass is 9.80. The average Bonchev–Trinajstić information content (AvgIpc) is 3.84. The van der Waals surface area contributed by atoms with Gasteiger partial charge < -0.3 is 4.42 Å². The van der Waals surface area contributed by atoms with E-state index >= 15 is 0 Å². The Morgan fingerprint density at radius 2 is 1.04 bits per heavy atom. The topological polar surface area (TPSA) is 13.1 Å². The van der Waals surface area contributed by atoms with Crippen molar-refractivity contribution in [3.05, 3.63) is 156 Å². The van der Waals surface area contributed by atoms with E-state index in [4.69, 9.17) is 23.6 Å². The van der Waals surface area contributed by atoms with E-state index in [1.54, 1.807) is 0 Å². The molecule has 0 saturated carbocycles. The van der Waals surface area contributed by atoms with E-state index in [1.165, 1.54) is 13.8 Å². The second-order valence-electron chi connectivity index (χ2n) is 11.4. The third-order valence-corrected chi connectivity index (χ3v) is 8.64. The van der Waals surface area contributed by atoms with Crippen LogP contribution >= 0.6 is 0 Å². The first kappa shape index (κ1) is 11.6. The molecule has 0 atom stereocenters. The maximum absolute atomic E-state index is 9.94. The molecule has 1 heteroatoms. The molecular weight excluding hydrogens is 556 g/mol. The van der Waals surface area contributed by atoms with Gasteiger partial charge in [-0.25, -0.2) is 0 Å². The Morgan fingerprint density at radius 3 is 1.80 bits per heavy atom. The fourth-order valence-corrected chi connectivity index (χ4v) is 6.61. The van der Waals surface area contributed by atoms with E-state index in [1.807, 2.05) is 0 Å². The molecule has 1 aliphatic rings. The Kier molecular flexibility index (Phi) is 2.32. The molecule has 0 saturated heterocycles. The average molecular weight is 611 g/mol. The first-order valence-corrected chi connectivity index (χ1v) is 14.2. The molecule has 9 aromatic rings. The number of rotatable bonds is 2. The lowest BCUT2D eigenvalue weighted by Crippen LogP contribution is -2.14. The molecule has 216 valence electrons. The second kappa shape index (κ2) is 9.19. The Bertz CT molecular complexity index is 4000. The van der Waals surface area contributed by atoms with E-state index in [9.17, 15) is 13.7 Å². The summed E-state index contributed by atoms with van der Waals surface area (Å²) in [7, 11) is 0. The van der Waals surface area contributed by atoms with Crippen LogP contribution in [-0.4, -0.2) is 0 Å². The first-order valence-electron chi connectivity index (χ1n) is 26.2. The molecule has 0 bridgehead atoms. The van der Waals surface area contributed by atoms with Crippen LogP contribution in [0.5, 0.6) is 0 Å². The van der Waals surface area contributed by atoms with E-state index < -0.39 is 222 Å². The summed E-state index contributed by atoms with van der Waals surface area (Å²) in [6.45, 7) is 3.06. The molecule has 10 rings (SSSR count). The summed E-state index contributed by atoms with van der Waals surface area (Å²) in [5, 5.41) is -4.12. The van der Waals surface area contributed by atoms with Crippen LogP contribution in [0.25, 0.3) is 87.6 Å². The molecule has 0 fully saturated rings. The van der Waals surface area contributed by atoms with Gasteiger partial charge in [0, 0.05) is 16.2 Å². The van der Waals surface area contributed by atoms with E-state index in [2.05, 4.69) is 0 Å². The molecule has 0 amide bonds. The van der Waals surface area contributed by atoms with Crippen molar-refractivity contribution in [3.63, 3.8) is 0 Å². The van der Waals surface area contributed by atoms with Gasteiger partial charge >= 0.3 is 0 Å². The van der Waals surface area contributed by atoms with Crippen molar-refractivity contribution in [1.82, 2.24) is 0 Å². The van der Waals surface area contributed by atoms with Gasteiger partial charge in [-0.05, 0) is 95.0 Å². The standard InChI is InChI=1S/C45H30O/c1-45(2)37-20-10-9-18-34(37)43-35(19-11-21-38(43)45)42-32-16-7-5-14-30(32)41(31-15-6-8-17-33(31)42)28-23-24-39-36(26-28)44-29-13-4-3-12-27(29)22-25-40(44)46-39/h3-26H,1-2H3/i3D,4D,5D,6D,7D,8D,9D,10D,11D,12D,13D,14D,15D,16D,17D,18D,19D,20D,21D,22D,23D,24D,25D,26D. The highest BCUT2D eigenvalue weighted by Gasteiger charge is 2.37. The third-order valence-electron chi connectivity index (χ3n) is 8.64. The monoisotopic (exact) mass is 610 g/mol. The minimum atomic E-state index is -1.51. The maximum Gasteiger partial charge on any atom is 0.136 e. The van der Waals surface area contributed by atoms with Crippen LogP contribution in [-0.2, 0) is 5.41 Å². The van der Waals surface area contributed by atoms with Crippen molar-refractivity contribution in [2.24, 2.45) is 0 Å². The number of furan rings is 1. The molecule has 1 aliphatic carbocycles. The Hall–Kier alpha value is -5.66. The van der Waals surface area contributed by atoms with Gasteiger partial charge in [0.2, 0.25) is 0 Å². The fraction of sp³-hybridized carbons (Fsp3) is 0.0667. The van der Waals surface area contributed by atoms with Crippen molar-refractivity contribution in [2.75, 3.05) is 0 Å². The Labute approximate surface area is 301 Å². The van der Waals surface area contributed by atoms with Crippen molar-refractivity contribution in [2.45, 2.75) is 19.3 Å². The van der Waals surface area contributed by atoms with Crippen molar-refractivity contribution >= 4 is 54.3 Å². The van der Waals surface area contributed by atoms with Crippen LogP contribution in [0.1, 0.15) is 57.9 Å². The third kappa shape index (κ3) is 3.35. The molecule has 1 aromatic heterocycles. The summed E-state index contributed by atoms with van der Waals surface area (Å²) >= 11 is 0. The minimum Gasteiger partial charge on any atom is -0.456 e. The predicted octanol–water partition coefficient (Wildman–Crippen LogP) is 12.7. The van der Waals surface area contributed by atoms with Crippen LogP contribution in [0.3, 0.4) is 0 Å². The van der Waals surface area contributed by atoms with Gasteiger partial charge in [-0.1, -0.05) is 141 Å². The van der Waals surface area contributed by atoms with Crippen LogP contribution in [0.15, 0.2) is 149 Å². The van der Waals surface area contributed by atoms with Crippen LogP contribution in [0.2, 0.25) is 0 Å². The Morgan fingerprint density at radius 1 is 0.457 bits per heavy atom. The lowest BCUT2D eigenvalue weighted by Gasteiger charge is -2.22. The molecule has 46 heavy (non-hydrogen) atoms. The molecule has 0 radical (unpaired) electrons. The van der Waals surface area contributed by atoms with Crippen LogP contribution in [0, 0.1) is 0 Å².